The number of thioether (sulfide) groups is 1. The first-order valence-electron chi connectivity index (χ1n) is 8.48. The van der Waals surface area contributed by atoms with Crippen LogP contribution in [0.25, 0.3) is 10.2 Å². The smallest absolute Gasteiger partial charge is 0.195 e. The van der Waals surface area contributed by atoms with Crippen molar-refractivity contribution in [2.75, 3.05) is 0 Å². The maximum absolute atomic E-state index is 12.7. The van der Waals surface area contributed by atoms with E-state index in [9.17, 15) is 4.79 Å². The summed E-state index contributed by atoms with van der Waals surface area (Å²) in [6.45, 7) is 6.02. The average molecular weight is 395 g/mol. The zero-order valence-corrected chi connectivity index (χ0v) is 16.4. The number of rotatable bonds is 4. The molecular weight excluding hydrogens is 376 g/mol. The van der Waals surface area contributed by atoms with Gasteiger partial charge in [0.1, 0.15) is 5.54 Å². The van der Waals surface area contributed by atoms with Crippen LogP contribution in [-0.2, 0) is 12.0 Å². The van der Waals surface area contributed by atoms with Gasteiger partial charge >= 0.3 is 0 Å². The number of carbonyl (C=O) groups excluding carboxylic acids is 1. The van der Waals surface area contributed by atoms with Crippen LogP contribution in [0, 0.1) is 0 Å². The molecule has 27 heavy (non-hydrogen) atoms. The van der Waals surface area contributed by atoms with E-state index >= 15 is 0 Å². The van der Waals surface area contributed by atoms with E-state index in [2.05, 4.69) is 21.5 Å². The minimum Gasteiger partial charge on any atom is -0.378 e. The maximum atomic E-state index is 12.7. The number of thiazole rings is 1. The molecule has 5 nitrogen and oxygen atoms in total. The Kier molecular flexibility index (Phi) is 4.57. The number of fused-ring (bicyclic) bond motifs is 1. The molecule has 0 spiro atoms. The summed E-state index contributed by atoms with van der Waals surface area (Å²) >= 11 is 2.82. The van der Waals surface area contributed by atoms with Crippen LogP contribution in [0.3, 0.4) is 0 Å². The van der Waals surface area contributed by atoms with Crippen molar-refractivity contribution in [2.45, 2.75) is 25.3 Å². The molecule has 1 atom stereocenters. The Balaban J connectivity index is 1.60. The van der Waals surface area contributed by atoms with Crippen LogP contribution in [0.15, 0.2) is 59.1 Å². The number of hydrogen-bond acceptors (Lipinski definition) is 7. The van der Waals surface area contributed by atoms with E-state index in [4.69, 9.17) is 5.73 Å². The molecule has 0 saturated heterocycles. The largest absolute Gasteiger partial charge is 0.378 e. The normalized spacial score (nSPS) is 19.9. The van der Waals surface area contributed by atoms with Crippen molar-refractivity contribution in [1.82, 2.24) is 9.97 Å². The van der Waals surface area contributed by atoms with Gasteiger partial charge in [0.2, 0.25) is 0 Å². The number of nitrogens with zero attached hydrogens (tertiary/aromatic N) is 3. The third-order valence-electron chi connectivity index (χ3n) is 4.42. The molecule has 0 bridgehead atoms. The van der Waals surface area contributed by atoms with E-state index in [1.165, 1.54) is 23.1 Å². The summed E-state index contributed by atoms with van der Waals surface area (Å²) in [5.74, 6) is 0.00475. The predicted molar refractivity (Wildman–Crippen MR) is 112 cm³/mol. The number of ketones is 1. The van der Waals surface area contributed by atoms with Gasteiger partial charge in [0.15, 0.2) is 16.0 Å². The molecule has 0 radical (unpaired) electrons. The summed E-state index contributed by atoms with van der Waals surface area (Å²) in [6.07, 6.45) is 2.67. The van der Waals surface area contributed by atoms with Gasteiger partial charge in [0.25, 0.3) is 0 Å². The number of carbonyl (C=O) groups is 1. The Morgan fingerprint density at radius 1 is 1.33 bits per heavy atom. The Hall–Kier alpha value is -2.51. The molecule has 3 heterocycles. The second kappa shape index (κ2) is 6.90. The van der Waals surface area contributed by atoms with Crippen molar-refractivity contribution >= 4 is 44.3 Å². The average Bonchev–Trinajstić information content (AvgIpc) is 3.05. The number of aromatic nitrogens is 2. The number of benzene rings is 1. The molecule has 0 aliphatic carbocycles. The summed E-state index contributed by atoms with van der Waals surface area (Å²) in [4.78, 5) is 27.2. The van der Waals surface area contributed by atoms with E-state index in [-0.39, 0.29) is 12.2 Å². The van der Waals surface area contributed by atoms with Crippen LogP contribution < -0.4 is 5.73 Å². The van der Waals surface area contributed by atoms with E-state index in [0.717, 1.165) is 26.4 Å². The van der Waals surface area contributed by atoms with Gasteiger partial charge < -0.3 is 5.73 Å². The zero-order valence-electron chi connectivity index (χ0n) is 14.8. The highest BCUT2D eigenvalue weighted by molar-refractivity contribution is 8.17. The second-order valence-corrected chi connectivity index (χ2v) is 8.91. The second-order valence-electron chi connectivity index (χ2n) is 6.68. The van der Waals surface area contributed by atoms with E-state index in [0.29, 0.717) is 16.6 Å². The molecule has 0 amide bonds. The van der Waals surface area contributed by atoms with Crippen LogP contribution in [0.5, 0.6) is 0 Å². The first-order chi connectivity index (χ1) is 12.9. The van der Waals surface area contributed by atoms with Crippen LogP contribution in [0.4, 0.5) is 0 Å². The maximum Gasteiger partial charge on any atom is 0.195 e. The number of aliphatic imine (C=N–C) groups is 1. The van der Waals surface area contributed by atoms with Gasteiger partial charge in [-0.25, -0.2) is 9.98 Å². The summed E-state index contributed by atoms with van der Waals surface area (Å²) in [7, 11) is 0. The molecule has 3 aromatic rings. The number of hydrogen-bond donors (Lipinski definition) is 1. The zero-order chi connectivity index (χ0) is 19.0. The summed E-state index contributed by atoms with van der Waals surface area (Å²) < 4.78 is 1.02. The Labute approximate surface area is 165 Å². The van der Waals surface area contributed by atoms with Gasteiger partial charge in [-0.15, -0.1) is 11.3 Å². The van der Waals surface area contributed by atoms with Crippen LogP contribution in [-0.4, -0.2) is 20.9 Å². The third-order valence-corrected chi connectivity index (χ3v) is 6.23. The van der Waals surface area contributed by atoms with Crippen LogP contribution in [0.2, 0.25) is 0 Å². The highest BCUT2D eigenvalue weighted by atomic mass is 32.2. The summed E-state index contributed by atoms with van der Waals surface area (Å²) in [5.41, 5.74) is 7.92. The topological polar surface area (TPSA) is 81.2 Å². The first kappa shape index (κ1) is 17.9. The fraction of sp³-hybridized carbons (Fsp3) is 0.200. The Bertz CT molecular complexity index is 1060. The van der Waals surface area contributed by atoms with Gasteiger partial charge in [0.05, 0.1) is 15.9 Å². The lowest BCUT2D eigenvalue weighted by Crippen LogP contribution is -2.28. The number of para-hydroxylation sites is 1. The molecule has 7 heteroatoms. The van der Waals surface area contributed by atoms with Gasteiger partial charge in [0, 0.05) is 19.0 Å². The number of pyridine rings is 1. The van der Waals surface area contributed by atoms with E-state index in [1.54, 1.807) is 6.20 Å². The molecular formula is C20H18N4OS2. The quantitative estimate of drug-likeness (QED) is 0.667. The molecule has 136 valence electrons. The van der Waals surface area contributed by atoms with Crippen LogP contribution in [0.1, 0.15) is 34.4 Å². The fourth-order valence-electron chi connectivity index (χ4n) is 3.15. The lowest BCUT2D eigenvalue weighted by atomic mass is 9.92. The Morgan fingerprint density at radius 3 is 2.93 bits per heavy atom. The highest BCUT2D eigenvalue weighted by Crippen LogP contribution is 2.39. The van der Waals surface area contributed by atoms with Crippen LogP contribution >= 0.6 is 23.1 Å². The number of amidine groups is 1. The van der Waals surface area contributed by atoms with Crippen molar-refractivity contribution < 1.29 is 4.79 Å². The number of Topliss-reactive ketones (excluding diaryl/α,β-unsaturated/α-hetero) is 1. The minimum atomic E-state index is -0.554. The highest BCUT2D eigenvalue weighted by Gasteiger charge is 2.33. The van der Waals surface area contributed by atoms with E-state index in [1.807, 2.05) is 43.3 Å². The third kappa shape index (κ3) is 3.65. The molecule has 2 N–H and O–H groups in total. The van der Waals surface area contributed by atoms with E-state index < -0.39 is 5.54 Å². The van der Waals surface area contributed by atoms with Crippen molar-refractivity contribution in [3.8, 4) is 0 Å². The molecule has 1 aliphatic rings. The van der Waals surface area contributed by atoms with Gasteiger partial charge in [-0.3, -0.25) is 9.78 Å². The lowest BCUT2D eigenvalue weighted by Gasteiger charge is -2.30. The van der Waals surface area contributed by atoms with Crippen molar-refractivity contribution in [2.24, 2.45) is 10.7 Å². The van der Waals surface area contributed by atoms with Crippen molar-refractivity contribution in [3.05, 3.63) is 70.3 Å². The molecule has 4 rings (SSSR count). The van der Waals surface area contributed by atoms with Crippen molar-refractivity contribution in [1.29, 1.82) is 0 Å². The standard InChI is InChI=1S/C20H18N4OS2/c1-12-11-20(2,24-19(21)26-12)17-10-13(7-8-22-17)9-15(25)18-23-14-5-3-4-6-16(14)27-18/h3-8,10H,1,9,11H2,2H3,(H2,21,24)/t20-/m0/s1. The first-order valence-corrected chi connectivity index (χ1v) is 10.1. The Morgan fingerprint density at radius 2 is 2.15 bits per heavy atom. The summed E-state index contributed by atoms with van der Waals surface area (Å²) in [5, 5.41) is 1.02. The summed E-state index contributed by atoms with van der Waals surface area (Å²) in [6, 6.07) is 11.6. The van der Waals surface area contributed by atoms with Gasteiger partial charge in [-0.05, 0) is 41.7 Å². The van der Waals surface area contributed by atoms with Crippen molar-refractivity contribution in [3.63, 3.8) is 0 Å². The van der Waals surface area contributed by atoms with Gasteiger partial charge in [-0.1, -0.05) is 30.5 Å². The fourth-order valence-corrected chi connectivity index (χ4v) is 4.95. The molecule has 0 unspecified atom stereocenters. The number of nitrogens with two attached hydrogens (primary N) is 1. The predicted octanol–water partition coefficient (Wildman–Crippen LogP) is 4.30. The molecule has 2 aromatic heterocycles. The molecule has 1 aliphatic heterocycles. The lowest BCUT2D eigenvalue weighted by molar-refractivity contribution is 0.0992. The molecule has 0 fully saturated rings. The molecule has 0 saturated carbocycles. The minimum absolute atomic E-state index is 0.00475. The van der Waals surface area contributed by atoms with Gasteiger partial charge in [-0.2, -0.15) is 0 Å². The monoisotopic (exact) mass is 394 g/mol. The molecule has 1 aromatic carbocycles. The SMILES string of the molecule is C=C1C[C@@](C)(c2cc(CC(=O)c3nc4ccccc4s3)ccn2)N=C(N)S1.